The van der Waals surface area contributed by atoms with E-state index in [4.69, 9.17) is 4.74 Å². The van der Waals surface area contributed by atoms with Crippen molar-refractivity contribution in [3.05, 3.63) is 76.3 Å². The van der Waals surface area contributed by atoms with E-state index in [0.29, 0.717) is 11.3 Å². The number of nitrogens with one attached hydrogen (secondary N) is 2. The van der Waals surface area contributed by atoms with Crippen LogP contribution in [-0.4, -0.2) is 30.2 Å². The molecule has 0 atom stereocenters. The Morgan fingerprint density at radius 2 is 1.86 bits per heavy atom. The number of anilines is 1. The molecule has 0 unspecified atom stereocenters. The van der Waals surface area contributed by atoms with Crippen molar-refractivity contribution in [3.63, 3.8) is 0 Å². The number of carbonyl (C=O) groups is 1. The molecule has 8 heteroatoms. The zero-order valence-electron chi connectivity index (χ0n) is 16.0. The number of ether oxygens (including phenoxy) is 1. The molecule has 0 saturated heterocycles. The lowest BCUT2D eigenvalue weighted by Gasteiger charge is -2.08. The van der Waals surface area contributed by atoms with Gasteiger partial charge >= 0.3 is 5.69 Å². The fourth-order valence-corrected chi connectivity index (χ4v) is 2.79. The SMILES string of the molecule is COc1ccc(/C(C)=N/NC(=O)CNc2ccc3ccccc3c2)cc1[N+](=O)[O-]. The molecule has 2 N–H and O–H groups in total. The average Bonchev–Trinajstić information content (AvgIpc) is 2.75. The molecule has 8 nitrogen and oxygen atoms in total. The molecule has 3 aromatic carbocycles. The molecule has 0 aliphatic rings. The Labute approximate surface area is 167 Å². The highest BCUT2D eigenvalue weighted by atomic mass is 16.6. The number of hydrogen-bond acceptors (Lipinski definition) is 6. The van der Waals surface area contributed by atoms with Gasteiger partial charge in [0, 0.05) is 17.3 Å². The lowest BCUT2D eigenvalue weighted by atomic mass is 10.1. The van der Waals surface area contributed by atoms with Crippen LogP contribution in [0.5, 0.6) is 5.75 Å². The van der Waals surface area contributed by atoms with Crippen molar-refractivity contribution in [2.75, 3.05) is 19.0 Å². The van der Waals surface area contributed by atoms with Gasteiger partial charge in [-0.25, -0.2) is 5.43 Å². The lowest BCUT2D eigenvalue weighted by molar-refractivity contribution is -0.385. The van der Waals surface area contributed by atoms with E-state index >= 15 is 0 Å². The van der Waals surface area contributed by atoms with Crippen molar-refractivity contribution < 1.29 is 14.5 Å². The summed E-state index contributed by atoms with van der Waals surface area (Å²) in [6.07, 6.45) is 0. The number of hydrazone groups is 1. The molecule has 148 valence electrons. The fourth-order valence-electron chi connectivity index (χ4n) is 2.79. The summed E-state index contributed by atoms with van der Waals surface area (Å²) >= 11 is 0. The molecule has 3 rings (SSSR count). The van der Waals surface area contributed by atoms with Gasteiger partial charge < -0.3 is 10.1 Å². The average molecular weight is 392 g/mol. The Morgan fingerprint density at radius 3 is 2.59 bits per heavy atom. The van der Waals surface area contributed by atoms with Crippen LogP contribution in [0.15, 0.2) is 65.8 Å². The van der Waals surface area contributed by atoms with E-state index < -0.39 is 4.92 Å². The van der Waals surface area contributed by atoms with Gasteiger partial charge in [0.1, 0.15) is 0 Å². The van der Waals surface area contributed by atoms with Gasteiger partial charge in [-0.2, -0.15) is 5.10 Å². The molecule has 0 saturated carbocycles. The predicted octanol–water partition coefficient (Wildman–Crippen LogP) is 3.71. The number of fused-ring (bicyclic) bond motifs is 1. The van der Waals surface area contributed by atoms with Crippen molar-refractivity contribution >= 4 is 33.8 Å². The standard InChI is InChI=1S/C21H20N4O4/c1-14(16-8-10-20(29-2)19(12-16)25(27)28)23-24-21(26)13-22-18-9-7-15-5-3-4-6-17(15)11-18/h3-12,22H,13H2,1-2H3,(H,24,26)/b23-14+. The predicted molar refractivity (Wildman–Crippen MR) is 112 cm³/mol. The summed E-state index contributed by atoms with van der Waals surface area (Å²) in [5, 5.41) is 20.4. The first kappa shape index (κ1) is 19.8. The highest BCUT2D eigenvalue weighted by Gasteiger charge is 2.16. The van der Waals surface area contributed by atoms with Gasteiger partial charge in [-0.1, -0.05) is 30.3 Å². The minimum Gasteiger partial charge on any atom is -0.490 e. The van der Waals surface area contributed by atoms with Gasteiger partial charge in [0.15, 0.2) is 5.75 Å². The number of benzene rings is 3. The highest BCUT2D eigenvalue weighted by molar-refractivity contribution is 6.00. The molecule has 1 amide bonds. The molecule has 0 aliphatic heterocycles. The van der Waals surface area contributed by atoms with E-state index in [0.717, 1.165) is 16.5 Å². The quantitative estimate of drug-likeness (QED) is 0.362. The summed E-state index contributed by atoms with van der Waals surface area (Å²) in [5.74, 6) is -0.171. The highest BCUT2D eigenvalue weighted by Crippen LogP contribution is 2.27. The Kier molecular flexibility index (Phi) is 6.03. The smallest absolute Gasteiger partial charge is 0.311 e. The third kappa shape index (κ3) is 4.86. The molecule has 0 aliphatic carbocycles. The molecule has 0 fully saturated rings. The number of rotatable bonds is 7. The first-order chi connectivity index (χ1) is 14.0. The summed E-state index contributed by atoms with van der Waals surface area (Å²) in [5.41, 5.74) is 4.07. The number of hydrogen-bond donors (Lipinski definition) is 2. The van der Waals surface area contributed by atoms with E-state index in [2.05, 4.69) is 15.8 Å². The van der Waals surface area contributed by atoms with Crippen LogP contribution in [0.2, 0.25) is 0 Å². The van der Waals surface area contributed by atoms with E-state index in [9.17, 15) is 14.9 Å². The summed E-state index contributed by atoms with van der Waals surface area (Å²) in [7, 11) is 1.37. The largest absolute Gasteiger partial charge is 0.490 e. The molecule has 0 aromatic heterocycles. The van der Waals surface area contributed by atoms with E-state index in [-0.39, 0.29) is 23.9 Å². The monoisotopic (exact) mass is 392 g/mol. The van der Waals surface area contributed by atoms with E-state index in [1.54, 1.807) is 13.0 Å². The van der Waals surface area contributed by atoms with Crippen LogP contribution in [-0.2, 0) is 4.79 Å². The third-order valence-corrected chi connectivity index (χ3v) is 4.34. The maximum Gasteiger partial charge on any atom is 0.311 e. The molecular weight excluding hydrogens is 372 g/mol. The lowest BCUT2D eigenvalue weighted by Crippen LogP contribution is -2.26. The second-order valence-electron chi connectivity index (χ2n) is 6.29. The number of nitrogens with zero attached hydrogens (tertiary/aromatic N) is 2. The first-order valence-corrected chi connectivity index (χ1v) is 8.86. The normalized spacial score (nSPS) is 11.2. The van der Waals surface area contributed by atoms with Crippen LogP contribution in [0.4, 0.5) is 11.4 Å². The minimum atomic E-state index is -0.526. The van der Waals surface area contributed by atoms with Crippen molar-refractivity contribution in [1.82, 2.24) is 5.43 Å². The molecule has 29 heavy (non-hydrogen) atoms. The summed E-state index contributed by atoms with van der Waals surface area (Å²) < 4.78 is 4.98. The number of nitro benzene ring substituents is 1. The Hall–Kier alpha value is -3.94. The van der Waals surface area contributed by atoms with Crippen LogP contribution in [0, 0.1) is 10.1 Å². The number of nitro groups is 1. The zero-order chi connectivity index (χ0) is 20.8. The maximum atomic E-state index is 12.1. The first-order valence-electron chi connectivity index (χ1n) is 8.86. The van der Waals surface area contributed by atoms with Gasteiger partial charge in [-0.3, -0.25) is 14.9 Å². The topological polar surface area (TPSA) is 106 Å². The molecule has 0 spiro atoms. The number of methoxy groups -OCH3 is 1. The summed E-state index contributed by atoms with van der Waals surface area (Å²) in [4.78, 5) is 22.7. The van der Waals surface area contributed by atoms with Crippen LogP contribution in [0.1, 0.15) is 12.5 Å². The van der Waals surface area contributed by atoms with E-state index in [1.165, 1.54) is 19.2 Å². The summed E-state index contributed by atoms with van der Waals surface area (Å²) in [6.45, 7) is 1.69. The van der Waals surface area contributed by atoms with E-state index in [1.807, 2.05) is 42.5 Å². The second-order valence-corrected chi connectivity index (χ2v) is 6.29. The Bertz CT molecular complexity index is 1090. The number of amides is 1. The van der Waals surface area contributed by atoms with Crippen LogP contribution >= 0.6 is 0 Å². The van der Waals surface area contributed by atoms with Crippen molar-refractivity contribution in [2.24, 2.45) is 5.10 Å². The molecular formula is C21H20N4O4. The molecule has 0 heterocycles. The molecule has 3 aromatic rings. The van der Waals surface area contributed by atoms with Crippen LogP contribution in [0.3, 0.4) is 0 Å². The minimum absolute atomic E-state index is 0.0396. The Balaban J connectivity index is 1.62. The Morgan fingerprint density at radius 1 is 1.10 bits per heavy atom. The van der Waals surface area contributed by atoms with Gasteiger partial charge in [0.05, 0.1) is 24.3 Å². The van der Waals surface area contributed by atoms with Gasteiger partial charge in [-0.15, -0.1) is 0 Å². The van der Waals surface area contributed by atoms with Gasteiger partial charge in [-0.05, 0) is 42.0 Å². The second kappa shape index (κ2) is 8.83. The maximum absolute atomic E-state index is 12.1. The van der Waals surface area contributed by atoms with Gasteiger partial charge in [0.2, 0.25) is 0 Å². The van der Waals surface area contributed by atoms with Crippen LogP contribution in [0.25, 0.3) is 10.8 Å². The summed E-state index contributed by atoms with van der Waals surface area (Å²) in [6, 6.07) is 18.3. The fraction of sp³-hybridized carbons (Fsp3) is 0.143. The van der Waals surface area contributed by atoms with Gasteiger partial charge in [0.25, 0.3) is 5.91 Å². The molecule has 0 bridgehead atoms. The van der Waals surface area contributed by atoms with Crippen molar-refractivity contribution in [3.8, 4) is 5.75 Å². The van der Waals surface area contributed by atoms with Crippen LogP contribution < -0.4 is 15.5 Å². The zero-order valence-corrected chi connectivity index (χ0v) is 16.0. The van der Waals surface area contributed by atoms with Crippen molar-refractivity contribution in [1.29, 1.82) is 0 Å². The molecule has 0 radical (unpaired) electrons. The third-order valence-electron chi connectivity index (χ3n) is 4.34. The number of carbonyl (C=O) groups excluding carboxylic acids is 1. The van der Waals surface area contributed by atoms with Crippen molar-refractivity contribution in [2.45, 2.75) is 6.92 Å².